The minimum atomic E-state index is -0.537. The molecule has 0 aliphatic carbocycles. The summed E-state index contributed by atoms with van der Waals surface area (Å²) in [6, 6.07) is 8.91. The molecule has 0 saturated heterocycles. The lowest BCUT2D eigenvalue weighted by Gasteiger charge is -2.16. The molecular weight excluding hydrogens is 216 g/mol. The van der Waals surface area contributed by atoms with Crippen LogP contribution in [0.1, 0.15) is 0 Å². The van der Waals surface area contributed by atoms with Gasteiger partial charge in [0.1, 0.15) is 5.03 Å². The van der Waals surface area contributed by atoms with Crippen LogP contribution in [0.3, 0.4) is 0 Å². The Morgan fingerprint density at radius 3 is 2.33 bits per heavy atom. The highest BCUT2D eigenvalue weighted by Crippen LogP contribution is 2.17. The number of carbonyl (C=O) groups is 2. The lowest BCUT2D eigenvalue weighted by molar-refractivity contribution is -0.135. The zero-order valence-electron chi connectivity index (χ0n) is 7.61. The van der Waals surface area contributed by atoms with Crippen LogP contribution < -0.4 is 5.43 Å². The topological polar surface area (TPSA) is 49.4 Å². The van der Waals surface area contributed by atoms with E-state index < -0.39 is 11.8 Å². The van der Waals surface area contributed by atoms with E-state index in [1.807, 2.05) is 6.07 Å². The van der Waals surface area contributed by atoms with Gasteiger partial charge in [-0.3, -0.25) is 15.0 Å². The second-order valence-electron chi connectivity index (χ2n) is 2.95. The third-order valence-electron chi connectivity index (χ3n) is 1.89. The van der Waals surface area contributed by atoms with E-state index in [2.05, 4.69) is 5.43 Å². The average molecular weight is 223 g/mol. The van der Waals surface area contributed by atoms with E-state index in [0.29, 0.717) is 5.69 Å². The van der Waals surface area contributed by atoms with Crippen molar-refractivity contribution in [2.75, 3.05) is 5.43 Å². The molecule has 1 aromatic rings. The van der Waals surface area contributed by atoms with Crippen LogP contribution in [0, 0.1) is 0 Å². The number of rotatable bonds is 2. The van der Waals surface area contributed by atoms with Crippen LogP contribution in [-0.2, 0) is 9.59 Å². The Labute approximate surface area is 91.1 Å². The van der Waals surface area contributed by atoms with Crippen molar-refractivity contribution in [1.82, 2.24) is 5.01 Å². The number of hydrogen-bond donors (Lipinski definition) is 1. The summed E-state index contributed by atoms with van der Waals surface area (Å²) in [5, 5.41) is 0.793. The third kappa shape index (κ3) is 1.85. The maximum atomic E-state index is 11.4. The Kier molecular flexibility index (Phi) is 2.43. The molecule has 5 heteroatoms. The highest BCUT2D eigenvalue weighted by Gasteiger charge is 2.30. The number of nitrogens with one attached hydrogen (secondary N) is 1. The molecule has 0 saturated carbocycles. The molecular formula is C10H7ClN2O2. The average Bonchev–Trinajstić information content (AvgIpc) is 2.47. The van der Waals surface area contributed by atoms with Crippen LogP contribution in [-0.4, -0.2) is 16.8 Å². The zero-order valence-corrected chi connectivity index (χ0v) is 8.36. The smallest absolute Gasteiger partial charge is 0.288 e. The quantitative estimate of drug-likeness (QED) is 0.772. The zero-order chi connectivity index (χ0) is 10.8. The second-order valence-corrected chi connectivity index (χ2v) is 3.36. The Hall–Kier alpha value is -1.81. The van der Waals surface area contributed by atoms with Crippen molar-refractivity contribution in [1.29, 1.82) is 0 Å². The SMILES string of the molecule is O=C1C=C(Cl)C(=O)N1Nc1ccccc1. The van der Waals surface area contributed by atoms with Crippen molar-refractivity contribution in [3.63, 3.8) is 0 Å². The van der Waals surface area contributed by atoms with E-state index in [9.17, 15) is 9.59 Å². The van der Waals surface area contributed by atoms with E-state index in [4.69, 9.17) is 11.6 Å². The van der Waals surface area contributed by atoms with Gasteiger partial charge in [0.25, 0.3) is 11.8 Å². The van der Waals surface area contributed by atoms with Gasteiger partial charge in [-0.1, -0.05) is 29.8 Å². The lowest BCUT2D eigenvalue weighted by atomic mass is 10.3. The van der Waals surface area contributed by atoms with E-state index in [1.165, 1.54) is 0 Å². The molecule has 2 amide bonds. The van der Waals surface area contributed by atoms with Gasteiger partial charge in [0.2, 0.25) is 0 Å². The van der Waals surface area contributed by atoms with Gasteiger partial charge in [-0.15, -0.1) is 0 Å². The molecule has 1 aromatic carbocycles. The molecule has 0 unspecified atom stereocenters. The van der Waals surface area contributed by atoms with Crippen molar-refractivity contribution in [3.8, 4) is 0 Å². The molecule has 0 aromatic heterocycles. The Morgan fingerprint density at radius 1 is 1.13 bits per heavy atom. The van der Waals surface area contributed by atoms with Crippen molar-refractivity contribution >= 4 is 29.1 Å². The molecule has 0 spiro atoms. The summed E-state index contributed by atoms with van der Waals surface area (Å²) in [5.74, 6) is -1.00. The second kappa shape index (κ2) is 3.74. The van der Waals surface area contributed by atoms with Gasteiger partial charge in [0, 0.05) is 6.08 Å². The van der Waals surface area contributed by atoms with Crippen molar-refractivity contribution in [2.24, 2.45) is 0 Å². The van der Waals surface area contributed by atoms with Crippen LogP contribution >= 0.6 is 11.6 Å². The number of imide groups is 1. The first-order valence-electron chi connectivity index (χ1n) is 4.26. The lowest BCUT2D eigenvalue weighted by Crippen LogP contribution is -2.36. The van der Waals surface area contributed by atoms with Gasteiger partial charge >= 0.3 is 0 Å². The number of hydrazine groups is 1. The van der Waals surface area contributed by atoms with Gasteiger partial charge in [0.05, 0.1) is 5.69 Å². The molecule has 1 N–H and O–H groups in total. The van der Waals surface area contributed by atoms with E-state index in [1.54, 1.807) is 24.3 Å². The monoisotopic (exact) mass is 222 g/mol. The normalized spacial score (nSPS) is 15.5. The highest BCUT2D eigenvalue weighted by atomic mass is 35.5. The van der Waals surface area contributed by atoms with Crippen molar-refractivity contribution < 1.29 is 9.59 Å². The maximum Gasteiger partial charge on any atom is 0.291 e. The van der Waals surface area contributed by atoms with E-state index in [-0.39, 0.29) is 5.03 Å². The van der Waals surface area contributed by atoms with Gasteiger partial charge in [-0.05, 0) is 12.1 Å². The highest BCUT2D eigenvalue weighted by molar-refractivity contribution is 6.46. The first kappa shape index (κ1) is 9.73. The number of para-hydroxylation sites is 1. The number of hydrogen-bond acceptors (Lipinski definition) is 3. The molecule has 2 rings (SSSR count). The van der Waals surface area contributed by atoms with Gasteiger partial charge in [-0.2, -0.15) is 5.01 Å². The molecule has 1 aliphatic rings. The first-order chi connectivity index (χ1) is 7.18. The van der Waals surface area contributed by atoms with Gasteiger partial charge in [-0.25, -0.2) is 0 Å². The molecule has 0 radical (unpaired) electrons. The number of nitrogens with zero attached hydrogens (tertiary/aromatic N) is 1. The number of halogens is 1. The standard InChI is InChI=1S/C10H7ClN2O2/c11-8-6-9(14)13(10(8)15)12-7-4-2-1-3-5-7/h1-6,12H. The van der Waals surface area contributed by atoms with E-state index >= 15 is 0 Å². The molecule has 0 bridgehead atoms. The predicted octanol–water partition coefficient (Wildman–Crippen LogP) is 1.50. The summed E-state index contributed by atoms with van der Waals surface area (Å²) in [6.45, 7) is 0. The predicted molar refractivity (Wildman–Crippen MR) is 55.9 cm³/mol. The van der Waals surface area contributed by atoms with Crippen LogP contribution in [0.25, 0.3) is 0 Å². The van der Waals surface area contributed by atoms with Crippen molar-refractivity contribution in [2.45, 2.75) is 0 Å². The Morgan fingerprint density at radius 2 is 1.80 bits per heavy atom. The minimum Gasteiger partial charge on any atom is -0.288 e. The molecule has 15 heavy (non-hydrogen) atoms. The molecule has 76 valence electrons. The molecule has 1 aliphatic heterocycles. The van der Waals surface area contributed by atoms with E-state index in [0.717, 1.165) is 11.1 Å². The fourth-order valence-corrected chi connectivity index (χ4v) is 1.37. The van der Waals surface area contributed by atoms with Crippen LogP contribution in [0.15, 0.2) is 41.4 Å². The summed E-state index contributed by atoms with van der Waals surface area (Å²) < 4.78 is 0. The fourth-order valence-electron chi connectivity index (χ4n) is 1.19. The number of carbonyl (C=O) groups excluding carboxylic acids is 2. The van der Waals surface area contributed by atoms with Crippen LogP contribution in [0.4, 0.5) is 5.69 Å². The summed E-state index contributed by atoms with van der Waals surface area (Å²) in [5.41, 5.74) is 3.32. The first-order valence-corrected chi connectivity index (χ1v) is 4.63. The minimum absolute atomic E-state index is 0.0802. The largest absolute Gasteiger partial charge is 0.291 e. The molecule has 0 fully saturated rings. The number of anilines is 1. The van der Waals surface area contributed by atoms with Gasteiger partial charge < -0.3 is 0 Å². The van der Waals surface area contributed by atoms with Crippen molar-refractivity contribution in [3.05, 3.63) is 41.4 Å². The van der Waals surface area contributed by atoms with Gasteiger partial charge in [0.15, 0.2) is 0 Å². The number of benzene rings is 1. The summed E-state index contributed by atoms with van der Waals surface area (Å²) >= 11 is 5.53. The maximum absolute atomic E-state index is 11.4. The summed E-state index contributed by atoms with van der Waals surface area (Å²) in [6.07, 6.45) is 1.08. The summed E-state index contributed by atoms with van der Waals surface area (Å²) in [4.78, 5) is 22.6. The van der Waals surface area contributed by atoms with Crippen LogP contribution in [0.5, 0.6) is 0 Å². The Bertz CT molecular complexity index is 442. The fraction of sp³-hybridized carbons (Fsp3) is 0. The third-order valence-corrected chi connectivity index (χ3v) is 2.16. The number of amides is 2. The molecule has 4 nitrogen and oxygen atoms in total. The Balaban J connectivity index is 2.15. The molecule has 0 atom stereocenters. The van der Waals surface area contributed by atoms with Crippen LogP contribution in [0.2, 0.25) is 0 Å². The molecule has 1 heterocycles. The summed E-state index contributed by atoms with van der Waals surface area (Å²) in [7, 11) is 0.